The first kappa shape index (κ1) is 28.6. The van der Waals surface area contributed by atoms with Gasteiger partial charge in [-0.15, -0.1) is 0 Å². The molecule has 0 bridgehead atoms. The van der Waals surface area contributed by atoms with Gasteiger partial charge in [0.15, 0.2) is 15.5 Å². The van der Waals surface area contributed by atoms with Gasteiger partial charge in [0, 0.05) is 57.7 Å². The normalized spacial score (nSPS) is 19.6. The summed E-state index contributed by atoms with van der Waals surface area (Å²) in [5.41, 5.74) is 5.86. The molecule has 0 saturated heterocycles. The van der Waals surface area contributed by atoms with Crippen molar-refractivity contribution in [3.05, 3.63) is 82.6 Å². The number of nitrogens with zero attached hydrogens (tertiary/aromatic N) is 2. The van der Waals surface area contributed by atoms with Crippen LogP contribution in [0.3, 0.4) is 0 Å². The maximum atomic E-state index is 12.1. The zero-order valence-electron chi connectivity index (χ0n) is 23.0. The molecule has 202 valence electrons. The lowest BCUT2D eigenvalue weighted by atomic mass is 9.81. The molecule has 2 aromatic rings. The molecule has 0 aliphatic carbocycles. The van der Waals surface area contributed by atoms with Gasteiger partial charge in [-0.05, 0) is 68.0 Å². The van der Waals surface area contributed by atoms with Crippen molar-refractivity contribution in [2.75, 3.05) is 32.4 Å². The number of halogens is 1. The topological polar surface area (TPSA) is 58.9 Å². The Balaban J connectivity index is 1.60. The molecule has 0 radical (unpaired) electrons. The minimum Gasteiger partial charge on any atom is -0.347 e. The van der Waals surface area contributed by atoms with Crippen molar-refractivity contribution in [2.45, 2.75) is 48.3 Å². The van der Waals surface area contributed by atoms with E-state index in [1.54, 1.807) is 12.1 Å². The number of hydrogen-bond donors (Lipinski definition) is 0. The summed E-state index contributed by atoms with van der Waals surface area (Å²) >= 11 is 7.86. The van der Waals surface area contributed by atoms with Crippen LogP contribution in [0.15, 0.2) is 81.2 Å². The van der Waals surface area contributed by atoms with E-state index in [2.05, 4.69) is 62.4 Å². The second-order valence-corrected chi connectivity index (χ2v) is 13.9. The first-order valence-corrected chi connectivity index (χ1v) is 15.2. The highest BCUT2D eigenvalue weighted by Crippen LogP contribution is 2.47. The van der Waals surface area contributed by atoms with Crippen LogP contribution in [0, 0.1) is 0 Å². The lowest BCUT2D eigenvalue weighted by Crippen LogP contribution is -2.26. The van der Waals surface area contributed by atoms with Crippen molar-refractivity contribution in [3.63, 3.8) is 0 Å². The molecule has 6 nitrogen and oxygen atoms in total. The van der Waals surface area contributed by atoms with E-state index in [0.717, 1.165) is 33.2 Å². The largest absolute Gasteiger partial charge is 0.347 e. The summed E-state index contributed by atoms with van der Waals surface area (Å²) in [5.74, 6) is 0. The number of hydrogen-bond acceptors (Lipinski definition) is 6. The van der Waals surface area contributed by atoms with E-state index in [4.69, 9.17) is 20.8 Å². The molecule has 0 fully saturated rings. The van der Waals surface area contributed by atoms with E-state index in [1.165, 1.54) is 31.0 Å². The highest BCUT2D eigenvalue weighted by atomic mass is 35.5. The fraction of sp³-hybridized carbons (Fsp3) is 0.345. The van der Waals surface area contributed by atoms with Gasteiger partial charge in [-0.2, -0.15) is 8.91 Å². The highest BCUT2D eigenvalue weighted by Gasteiger charge is 2.43. The Morgan fingerprint density at radius 1 is 1.08 bits per heavy atom. The van der Waals surface area contributed by atoms with Crippen molar-refractivity contribution in [1.82, 2.24) is 0 Å². The molecule has 4 rings (SSSR count). The zero-order chi connectivity index (χ0) is 28.0. The maximum Gasteiger partial charge on any atom is 0.209 e. The second-order valence-electron chi connectivity index (χ2n) is 10.6. The van der Waals surface area contributed by atoms with Crippen LogP contribution in [0.1, 0.15) is 38.8 Å². The molecule has 0 atom stereocenters. The predicted octanol–water partition coefficient (Wildman–Crippen LogP) is 6.67. The Morgan fingerprint density at radius 3 is 2.45 bits per heavy atom. The SMILES string of the molecule is COOSc1ccc2c(c1)C(C)(C)C(/C=C/C(Cl)=C/C=C1\N(C)c3ccc(S(C)(=O)=O)cc3C1(C)C)=[N+]2C. The molecule has 2 aromatic carbocycles. The lowest BCUT2D eigenvalue weighted by molar-refractivity contribution is -0.401. The van der Waals surface area contributed by atoms with Gasteiger partial charge >= 0.3 is 0 Å². The van der Waals surface area contributed by atoms with Crippen molar-refractivity contribution in [2.24, 2.45) is 0 Å². The molecule has 2 heterocycles. The van der Waals surface area contributed by atoms with Crippen LogP contribution < -0.4 is 4.90 Å². The van der Waals surface area contributed by atoms with Crippen LogP contribution in [0.2, 0.25) is 0 Å². The quantitative estimate of drug-likeness (QED) is 0.121. The first-order chi connectivity index (χ1) is 17.7. The molecule has 0 N–H and O–H groups in total. The summed E-state index contributed by atoms with van der Waals surface area (Å²) in [7, 11) is 2.25. The standard InChI is InChI=1S/C29H34ClN2O4S2/c1-28(2)22-17-20(37-36-35-7)11-13-24(22)31(5)26(28)15-9-19(30)10-16-27-29(3,4)23-18-21(38(8,33)34)12-14-25(23)32(27)6/h9-18H,1-8H3/q+1. The Bertz CT molecular complexity index is 1520. The Morgan fingerprint density at radius 2 is 1.79 bits per heavy atom. The van der Waals surface area contributed by atoms with Gasteiger partial charge in [-0.3, -0.25) is 0 Å². The van der Waals surface area contributed by atoms with Crippen LogP contribution in [-0.4, -0.2) is 46.2 Å². The third kappa shape index (κ3) is 5.12. The Hall–Kier alpha value is -2.36. The van der Waals surface area contributed by atoms with Gasteiger partial charge < -0.3 is 4.90 Å². The summed E-state index contributed by atoms with van der Waals surface area (Å²) in [6.45, 7) is 8.58. The summed E-state index contributed by atoms with van der Waals surface area (Å²) in [6, 6.07) is 11.5. The van der Waals surface area contributed by atoms with E-state index in [0.29, 0.717) is 9.93 Å². The van der Waals surface area contributed by atoms with E-state index in [9.17, 15) is 8.42 Å². The maximum absolute atomic E-state index is 12.1. The smallest absolute Gasteiger partial charge is 0.209 e. The monoisotopic (exact) mass is 573 g/mol. The van der Waals surface area contributed by atoms with Gasteiger partial charge in [-0.25, -0.2) is 13.3 Å². The molecule has 0 saturated carbocycles. The molecule has 0 amide bonds. The third-order valence-electron chi connectivity index (χ3n) is 7.44. The molecule has 38 heavy (non-hydrogen) atoms. The van der Waals surface area contributed by atoms with E-state index in [1.807, 2.05) is 37.4 Å². The van der Waals surface area contributed by atoms with Crippen LogP contribution in [-0.2, 0) is 29.9 Å². The van der Waals surface area contributed by atoms with E-state index < -0.39 is 9.84 Å². The Labute approximate surface area is 235 Å². The van der Waals surface area contributed by atoms with E-state index >= 15 is 0 Å². The summed E-state index contributed by atoms with van der Waals surface area (Å²) in [4.78, 5) is 8.11. The van der Waals surface area contributed by atoms with E-state index in [-0.39, 0.29) is 10.8 Å². The van der Waals surface area contributed by atoms with Crippen molar-refractivity contribution >= 4 is 50.6 Å². The Kier molecular flexibility index (Phi) is 7.78. The van der Waals surface area contributed by atoms with Crippen LogP contribution >= 0.6 is 23.6 Å². The molecule has 9 heteroatoms. The van der Waals surface area contributed by atoms with Gasteiger partial charge in [0.1, 0.15) is 7.05 Å². The van der Waals surface area contributed by atoms with Crippen LogP contribution in [0.25, 0.3) is 0 Å². The molecule has 0 aromatic heterocycles. The molecule has 0 unspecified atom stereocenters. The number of anilines is 1. The number of rotatable bonds is 7. The highest BCUT2D eigenvalue weighted by molar-refractivity contribution is 7.94. The molecule has 0 spiro atoms. The molecule has 2 aliphatic rings. The number of benzene rings is 2. The number of sulfone groups is 1. The van der Waals surface area contributed by atoms with Gasteiger partial charge in [0.05, 0.1) is 29.5 Å². The van der Waals surface area contributed by atoms with Crippen molar-refractivity contribution < 1.29 is 22.2 Å². The fourth-order valence-electron chi connectivity index (χ4n) is 5.36. The number of likely N-dealkylation sites (N-methyl/N-ethyl adjacent to an activating group) is 1. The molecule has 2 aliphatic heterocycles. The van der Waals surface area contributed by atoms with Crippen molar-refractivity contribution in [3.8, 4) is 0 Å². The van der Waals surface area contributed by atoms with Crippen LogP contribution in [0.4, 0.5) is 11.4 Å². The molecular formula is C29H34ClN2O4S2+. The zero-order valence-corrected chi connectivity index (χ0v) is 25.4. The average Bonchev–Trinajstić information content (AvgIpc) is 3.16. The lowest BCUT2D eigenvalue weighted by Gasteiger charge is -2.23. The summed E-state index contributed by atoms with van der Waals surface area (Å²) < 4.78 is 31.5. The van der Waals surface area contributed by atoms with Gasteiger partial charge in [0.25, 0.3) is 0 Å². The molecular weight excluding hydrogens is 540 g/mol. The minimum atomic E-state index is -3.29. The van der Waals surface area contributed by atoms with Crippen LogP contribution in [0.5, 0.6) is 0 Å². The summed E-state index contributed by atoms with van der Waals surface area (Å²) in [6.07, 6.45) is 9.11. The van der Waals surface area contributed by atoms with Crippen molar-refractivity contribution in [1.29, 1.82) is 0 Å². The minimum absolute atomic E-state index is 0.230. The van der Waals surface area contributed by atoms with Gasteiger partial charge in [0.2, 0.25) is 5.69 Å². The summed E-state index contributed by atoms with van der Waals surface area (Å²) in [5, 5.41) is 0.590. The first-order valence-electron chi connectivity index (χ1n) is 12.2. The fourth-order valence-corrected chi connectivity index (χ4v) is 6.57. The third-order valence-corrected chi connectivity index (χ3v) is 9.45. The van der Waals surface area contributed by atoms with Gasteiger partial charge in [-0.1, -0.05) is 25.4 Å². The number of fused-ring (bicyclic) bond motifs is 2. The predicted molar refractivity (Wildman–Crippen MR) is 156 cm³/mol. The second kappa shape index (κ2) is 10.3. The number of allylic oxidation sites excluding steroid dienone is 6. The average molecular weight is 574 g/mol.